The molecular weight excluding hydrogens is 354 g/mol. The van der Waals surface area contributed by atoms with E-state index < -0.39 is 4.92 Å². The molecule has 1 amide bonds. The fourth-order valence-electron chi connectivity index (χ4n) is 3.31. The van der Waals surface area contributed by atoms with Crippen molar-refractivity contribution in [1.82, 2.24) is 0 Å². The maximum Gasteiger partial charge on any atom is 0.279 e. The number of non-ortho nitro benzene ring substituents is 1. The van der Waals surface area contributed by atoms with Gasteiger partial charge < -0.3 is 10.2 Å². The van der Waals surface area contributed by atoms with Crippen LogP contribution in [0.3, 0.4) is 0 Å². The third-order valence-electron chi connectivity index (χ3n) is 4.54. The first kappa shape index (κ1) is 19.3. The van der Waals surface area contributed by atoms with E-state index in [1.165, 1.54) is 12.1 Å². The SMILES string of the molecule is C[NH+](CC(=O)Nc1cccc([N+](=O)[O-])c1)C(c1ccccc1)c1ccccc1. The Morgan fingerprint density at radius 2 is 1.54 bits per heavy atom. The van der Waals surface area contributed by atoms with Gasteiger partial charge in [0.05, 0.1) is 12.0 Å². The highest BCUT2D eigenvalue weighted by Gasteiger charge is 2.25. The van der Waals surface area contributed by atoms with E-state index in [1.807, 2.05) is 43.4 Å². The number of amides is 1. The standard InChI is InChI=1S/C22H21N3O3/c1-24(16-21(26)23-19-13-8-14-20(15-19)25(27)28)22(17-9-4-2-5-10-17)18-11-6-3-7-12-18/h2-15,22H,16H2,1H3,(H,23,26)/p+1. The molecule has 0 radical (unpaired) electrons. The summed E-state index contributed by atoms with van der Waals surface area (Å²) >= 11 is 0. The molecule has 3 aromatic rings. The number of nitrogens with zero attached hydrogens (tertiary/aromatic N) is 1. The van der Waals surface area contributed by atoms with Crippen molar-refractivity contribution >= 4 is 17.3 Å². The molecule has 6 heteroatoms. The molecule has 3 aromatic carbocycles. The molecule has 1 atom stereocenters. The lowest BCUT2D eigenvalue weighted by Gasteiger charge is -2.25. The van der Waals surface area contributed by atoms with Crippen LogP contribution in [0.2, 0.25) is 0 Å². The number of rotatable bonds is 7. The summed E-state index contributed by atoms with van der Waals surface area (Å²) in [5.41, 5.74) is 2.61. The molecule has 1 unspecified atom stereocenters. The predicted octanol–water partition coefficient (Wildman–Crippen LogP) is 2.84. The Hall–Kier alpha value is -3.51. The lowest BCUT2D eigenvalue weighted by molar-refractivity contribution is -0.897. The molecule has 0 aliphatic carbocycles. The molecule has 3 rings (SSSR count). The molecule has 0 fully saturated rings. The van der Waals surface area contributed by atoms with Gasteiger partial charge in [0, 0.05) is 28.9 Å². The van der Waals surface area contributed by atoms with Gasteiger partial charge in [-0.2, -0.15) is 0 Å². The fraction of sp³-hybridized carbons (Fsp3) is 0.136. The molecule has 0 bridgehead atoms. The number of anilines is 1. The Balaban J connectivity index is 1.76. The second-order valence-corrected chi connectivity index (χ2v) is 6.63. The monoisotopic (exact) mass is 376 g/mol. The zero-order valence-electron chi connectivity index (χ0n) is 15.5. The predicted molar refractivity (Wildman–Crippen MR) is 108 cm³/mol. The van der Waals surface area contributed by atoms with Crippen LogP contribution in [0.4, 0.5) is 11.4 Å². The van der Waals surface area contributed by atoms with Crippen molar-refractivity contribution in [2.45, 2.75) is 6.04 Å². The highest BCUT2D eigenvalue weighted by Crippen LogP contribution is 2.19. The van der Waals surface area contributed by atoms with Gasteiger partial charge in [-0.15, -0.1) is 0 Å². The Morgan fingerprint density at radius 1 is 0.964 bits per heavy atom. The van der Waals surface area contributed by atoms with Crippen LogP contribution in [0.1, 0.15) is 17.2 Å². The van der Waals surface area contributed by atoms with Crippen LogP contribution in [0.5, 0.6) is 0 Å². The Morgan fingerprint density at radius 3 is 2.07 bits per heavy atom. The zero-order valence-corrected chi connectivity index (χ0v) is 15.5. The third-order valence-corrected chi connectivity index (χ3v) is 4.54. The number of hydrogen-bond donors (Lipinski definition) is 2. The molecule has 0 aromatic heterocycles. The lowest BCUT2D eigenvalue weighted by atomic mass is 9.97. The van der Waals surface area contributed by atoms with E-state index in [0.29, 0.717) is 5.69 Å². The summed E-state index contributed by atoms with van der Waals surface area (Å²) in [4.78, 5) is 24.0. The summed E-state index contributed by atoms with van der Waals surface area (Å²) in [6.45, 7) is 0.219. The molecule has 0 heterocycles. The average molecular weight is 376 g/mol. The molecule has 0 saturated carbocycles. The van der Waals surface area contributed by atoms with Crippen LogP contribution in [-0.4, -0.2) is 24.4 Å². The Kier molecular flexibility index (Phi) is 6.14. The van der Waals surface area contributed by atoms with Crippen LogP contribution in [0.25, 0.3) is 0 Å². The first-order valence-electron chi connectivity index (χ1n) is 9.01. The normalized spacial score (nSPS) is 11.8. The first-order valence-corrected chi connectivity index (χ1v) is 9.01. The maximum absolute atomic E-state index is 12.6. The van der Waals surface area contributed by atoms with E-state index in [1.54, 1.807) is 12.1 Å². The first-order chi connectivity index (χ1) is 13.5. The number of carbonyl (C=O) groups is 1. The van der Waals surface area contributed by atoms with E-state index >= 15 is 0 Å². The van der Waals surface area contributed by atoms with Gasteiger partial charge in [0.2, 0.25) is 0 Å². The smallest absolute Gasteiger partial charge is 0.279 e. The average Bonchev–Trinajstić information content (AvgIpc) is 2.70. The zero-order chi connectivity index (χ0) is 19.9. The summed E-state index contributed by atoms with van der Waals surface area (Å²) in [5.74, 6) is -0.199. The minimum Gasteiger partial charge on any atom is -0.321 e. The number of hydrogen-bond acceptors (Lipinski definition) is 3. The van der Waals surface area contributed by atoms with Crippen molar-refractivity contribution in [2.24, 2.45) is 0 Å². The molecule has 0 aliphatic rings. The summed E-state index contributed by atoms with van der Waals surface area (Å²) in [6, 6.07) is 26.1. The minimum absolute atomic E-state index is 0.00161. The van der Waals surface area contributed by atoms with Gasteiger partial charge in [-0.25, -0.2) is 0 Å². The summed E-state index contributed by atoms with van der Waals surface area (Å²) in [5, 5.41) is 13.7. The Labute approximate surface area is 163 Å². The molecule has 28 heavy (non-hydrogen) atoms. The van der Waals surface area contributed by atoms with Crippen LogP contribution >= 0.6 is 0 Å². The topological polar surface area (TPSA) is 76.7 Å². The van der Waals surface area contributed by atoms with Crippen molar-refractivity contribution in [3.8, 4) is 0 Å². The minimum atomic E-state index is -0.478. The van der Waals surface area contributed by atoms with Crippen molar-refractivity contribution in [1.29, 1.82) is 0 Å². The highest BCUT2D eigenvalue weighted by atomic mass is 16.6. The van der Waals surface area contributed by atoms with Gasteiger partial charge in [0.1, 0.15) is 6.04 Å². The summed E-state index contributed by atoms with van der Waals surface area (Å²) < 4.78 is 0. The van der Waals surface area contributed by atoms with E-state index in [-0.39, 0.29) is 24.2 Å². The van der Waals surface area contributed by atoms with Gasteiger partial charge in [0.15, 0.2) is 6.54 Å². The quantitative estimate of drug-likeness (QED) is 0.492. The van der Waals surface area contributed by atoms with Gasteiger partial charge >= 0.3 is 0 Å². The summed E-state index contributed by atoms with van der Waals surface area (Å²) in [7, 11) is 1.97. The van der Waals surface area contributed by atoms with Gasteiger partial charge in [-0.1, -0.05) is 66.7 Å². The molecule has 0 spiro atoms. The number of nitro groups is 1. The molecule has 0 saturated heterocycles. The van der Waals surface area contributed by atoms with Crippen molar-refractivity contribution < 1.29 is 14.6 Å². The Bertz CT molecular complexity index is 906. The van der Waals surface area contributed by atoms with E-state index in [9.17, 15) is 14.9 Å². The molecule has 0 aliphatic heterocycles. The second kappa shape index (κ2) is 8.92. The lowest BCUT2D eigenvalue weighted by Crippen LogP contribution is -3.10. The summed E-state index contributed by atoms with van der Waals surface area (Å²) in [6.07, 6.45) is 0. The van der Waals surface area contributed by atoms with Crippen molar-refractivity contribution in [3.63, 3.8) is 0 Å². The largest absolute Gasteiger partial charge is 0.321 e. The van der Waals surface area contributed by atoms with Crippen LogP contribution < -0.4 is 10.2 Å². The van der Waals surface area contributed by atoms with Crippen LogP contribution in [-0.2, 0) is 4.79 Å². The van der Waals surface area contributed by atoms with E-state index in [4.69, 9.17) is 0 Å². The van der Waals surface area contributed by atoms with E-state index in [0.717, 1.165) is 16.0 Å². The second-order valence-electron chi connectivity index (χ2n) is 6.63. The third kappa shape index (κ3) is 4.81. The number of nitrogens with one attached hydrogen (secondary N) is 2. The van der Waals surface area contributed by atoms with Gasteiger partial charge in [-0.3, -0.25) is 14.9 Å². The van der Waals surface area contributed by atoms with Gasteiger partial charge in [0.25, 0.3) is 11.6 Å². The van der Waals surface area contributed by atoms with Crippen molar-refractivity contribution in [2.75, 3.05) is 18.9 Å². The fourth-order valence-corrected chi connectivity index (χ4v) is 3.31. The molecular formula is C22H22N3O3+. The highest BCUT2D eigenvalue weighted by molar-refractivity contribution is 5.91. The maximum atomic E-state index is 12.6. The molecule has 142 valence electrons. The van der Waals surface area contributed by atoms with Crippen LogP contribution in [0, 0.1) is 10.1 Å². The van der Waals surface area contributed by atoms with Gasteiger partial charge in [-0.05, 0) is 6.07 Å². The molecule has 6 nitrogen and oxygen atoms in total. The van der Waals surface area contributed by atoms with Crippen LogP contribution in [0.15, 0.2) is 84.9 Å². The number of nitro benzene ring substituents is 1. The van der Waals surface area contributed by atoms with E-state index in [2.05, 4.69) is 29.6 Å². The number of benzene rings is 3. The molecule has 2 N–H and O–H groups in total. The van der Waals surface area contributed by atoms with Crippen molar-refractivity contribution in [3.05, 3.63) is 106 Å². The number of likely N-dealkylation sites (N-methyl/N-ethyl adjacent to an activating group) is 1. The number of carbonyl (C=O) groups excluding carboxylic acids is 1. The number of quaternary nitrogens is 1.